The Morgan fingerprint density at radius 2 is 2.17 bits per heavy atom. The molecule has 0 spiro atoms. The van der Waals surface area contributed by atoms with Gasteiger partial charge in [0, 0.05) is 44.8 Å². The highest BCUT2D eigenvalue weighted by Gasteiger charge is 2.34. The zero-order valence-corrected chi connectivity index (χ0v) is 13.6. The summed E-state index contributed by atoms with van der Waals surface area (Å²) in [7, 11) is 3.44. The topological polar surface area (TPSA) is 88.8 Å². The number of hydrogen-bond donors (Lipinski definition) is 1. The van der Waals surface area contributed by atoms with Gasteiger partial charge in [0.25, 0.3) is 5.91 Å². The van der Waals surface area contributed by atoms with Crippen LogP contribution in [-0.4, -0.2) is 52.0 Å². The first-order valence-corrected chi connectivity index (χ1v) is 7.72. The number of ether oxygens (including phenoxy) is 1. The summed E-state index contributed by atoms with van der Waals surface area (Å²) in [5, 5.41) is 12.5. The Balaban J connectivity index is 1.72. The Bertz CT molecular complexity index is 666. The van der Waals surface area contributed by atoms with Gasteiger partial charge < -0.3 is 10.1 Å². The third-order valence-corrected chi connectivity index (χ3v) is 4.46. The van der Waals surface area contributed by atoms with Crippen LogP contribution in [0.2, 0.25) is 0 Å². The van der Waals surface area contributed by atoms with Crippen molar-refractivity contribution in [3.63, 3.8) is 0 Å². The van der Waals surface area contributed by atoms with Crippen LogP contribution < -0.4 is 5.32 Å². The summed E-state index contributed by atoms with van der Waals surface area (Å²) in [6.45, 7) is 2.57. The van der Waals surface area contributed by atoms with Gasteiger partial charge in [0.15, 0.2) is 0 Å². The normalized spacial score (nSPS) is 24.7. The Morgan fingerprint density at radius 1 is 1.39 bits per heavy atom. The fourth-order valence-corrected chi connectivity index (χ4v) is 2.92. The molecule has 23 heavy (non-hydrogen) atoms. The molecule has 1 N–H and O–H groups in total. The van der Waals surface area contributed by atoms with E-state index in [0.717, 1.165) is 17.7 Å². The van der Waals surface area contributed by atoms with Crippen LogP contribution >= 0.6 is 0 Å². The second-order valence-corrected chi connectivity index (χ2v) is 5.93. The molecular formula is C15H21N5O3. The highest BCUT2D eigenvalue weighted by atomic mass is 16.5. The van der Waals surface area contributed by atoms with E-state index in [1.54, 1.807) is 17.9 Å². The maximum atomic E-state index is 12.4. The van der Waals surface area contributed by atoms with Crippen LogP contribution in [0.15, 0.2) is 11.3 Å². The molecule has 124 valence electrons. The van der Waals surface area contributed by atoms with Crippen LogP contribution in [0.25, 0.3) is 0 Å². The summed E-state index contributed by atoms with van der Waals surface area (Å²) < 4.78 is 7.59. The third kappa shape index (κ3) is 2.98. The van der Waals surface area contributed by atoms with E-state index in [0.29, 0.717) is 25.2 Å². The van der Waals surface area contributed by atoms with Gasteiger partial charge in [0.2, 0.25) is 5.91 Å². The quantitative estimate of drug-likeness (QED) is 0.867. The number of nitrogens with one attached hydrogen (secondary N) is 1. The van der Waals surface area contributed by atoms with Gasteiger partial charge in [-0.05, 0) is 13.3 Å². The summed E-state index contributed by atoms with van der Waals surface area (Å²) in [4.78, 5) is 23.9. The lowest BCUT2D eigenvalue weighted by atomic mass is 10.0. The molecule has 3 rings (SSSR count). The highest BCUT2D eigenvalue weighted by molar-refractivity contribution is 6.39. The largest absolute Gasteiger partial charge is 0.371 e. The van der Waals surface area contributed by atoms with E-state index >= 15 is 0 Å². The van der Waals surface area contributed by atoms with Gasteiger partial charge in [0.1, 0.15) is 11.8 Å². The summed E-state index contributed by atoms with van der Waals surface area (Å²) in [6, 6.07) is -0.115. The van der Waals surface area contributed by atoms with Crippen molar-refractivity contribution in [3.8, 4) is 0 Å². The van der Waals surface area contributed by atoms with Crippen LogP contribution in [0.4, 0.5) is 0 Å². The summed E-state index contributed by atoms with van der Waals surface area (Å²) in [6.07, 6.45) is 3.02. The number of hydrazone groups is 1. The molecular weight excluding hydrogens is 298 g/mol. The van der Waals surface area contributed by atoms with Crippen LogP contribution in [0.1, 0.15) is 36.6 Å². The minimum Gasteiger partial charge on any atom is -0.371 e. The maximum Gasteiger partial charge on any atom is 0.267 e. The molecule has 2 amide bonds. The van der Waals surface area contributed by atoms with Gasteiger partial charge in [-0.15, -0.1) is 0 Å². The van der Waals surface area contributed by atoms with Gasteiger partial charge in [-0.3, -0.25) is 14.3 Å². The zero-order valence-electron chi connectivity index (χ0n) is 13.6. The van der Waals surface area contributed by atoms with Crippen LogP contribution in [0.3, 0.4) is 0 Å². The Kier molecular flexibility index (Phi) is 4.16. The van der Waals surface area contributed by atoms with E-state index in [9.17, 15) is 9.59 Å². The number of rotatable bonds is 3. The van der Waals surface area contributed by atoms with Crippen molar-refractivity contribution in [2.75, 3.05) is 13.7 Å². The Morgan fingerprint density at radius 3 is 2.83 bits per heavy atom. The molecule has 0 saturated carbocycles. The fraction of sp³-hybridized carbons (Fsp3) is 0.600. The van der Waals surface area contributed by atoms with E-state index < -0.39 is 0 Å². The summed E-state index contributed by atoms with van der Waals surface area (Å²) in [5.41, 5.74) is 2.41. The molecule has 0 aromatic carbocycles. The first kappa shape index (κ1) is 15.7. The number of hydrogen-bond acceptors (Lipinski definition) is 5. The lowest BCUT2D eigenvalue weighted by Crippen LogP contribution is -2.43. The number of amides is 2. The first-order chi connectivity index (χ1) is 11.0. The molecule has 0 radical (unpaired) electrons. The SMILES string of the molecule is Cc1c([C@H]2OCC[C@@H]2NC(=O)C2=NN(C)C(=O)CC2)cnn1C. The van der Waals surface area contributed by atoms with Gasteiger partial charge in [-0.25, -0.2) is 5.01 Å². The van der Waals surface area contributed by atoms with E-state index in [1.165, 1.54) is 5.01 Å². The predicted octanol–water partition coefficient (Wildman–Crippen LogP) is 0.283. The second-order valence-electron chi connectivity index (χ2n) is 5.93. The number of carbonyl (C=O) groups excluding carboxylic acids is 2. The maximum absolute atomic E-state index is 12.4. The predicted molar refractivity (Wildman–Crippen MR) is 82.6 cm³/mol. The second kappa shape index (κ2) is 6.11. The third-order valence-electron chi connectivity index (χ3n) is 4.46. The van der Waals surface area contributed by atoms with Crippen molar-refractivity contribution >= 4 is 17.5 Å². The Labute approximate surface area is 134 Å². The van der Waals surface area contributed by atoms with E-state index in [2.05, 4.69) is 15.5 Å². The molecule has 2 aliphatic heterocycles. The highest BCUT2D eigenvalue weighted by Crippen LogP contribution is 2.31. The minimum atomic E-state index is -0.230. The number of aryl methyl sites for hydroxylation is 1. The fourth-order valence-electron chi connectivity index (χ4n) is 2.92. The van der Waals surface area contributed by atoms with Crippen molar-refractivity contribution in [1.82, 2.24) is 20.1 Å². The molecule has 1 fully saturated rings. The molecule has 2 aliphatic rings. The molecule has 1 aromatic heterocycles. The molecule has 0 bridgehead atoms. The lowest BCUT2D eigenvalue weighted by molar-refractivity contribution is -0.130. The molecule has 0 aliphatic carbocycles. The van der Waals surface area contributed by atoms with E-state index in [-0.39, 0.29) is 24.0 Å². The van der Waals surface area contributed by atoms with Crippen LogP contribution in [0, 0.1) is 6.92 Å². The van der Waals surface area contributed by atoms with Crippen molar-refractivity contribution in [2.45, 2.75) is 38.3 Å². The summed E-state index contributed by atoms with van der Waals surface area (Å²) in [5.74, 6) is -0.305. The molecule has 1 aromatic rings. The molecule has 8 nitrogen and oxygen atoms in total. The number of carbonyl (C=O) groups is 2. The van der Waals surface area contributed by atoms with Gasteiger partial charge in [-0.1, -0.05) is 0 Å². The van der Waals surface area contributed by atoms with E-state index in [1.807, 2.05) is 14.0 Å². The molecule has 1 saturated heterocycles. The number of nitrogens with zero attached hydrogens (tertiary/aromatic N) is 4. The van der Waals surface area contributed by atoms with Crippen LogP contribution in [0.5, 0.6) is 0 Å². The van der Waals surface area contributed by atoms with Gasteiger partial charge in [-0.2, -0.15) is 10.2 Å². The molecule has 2 atom stereocenters. The monoisotopic (exact) mass is 319 g/mol. The molecule has 3 heterocycles. The average Bonchev–Trinajstić information content (AvgIpc) is 3.09. The number of aromatic nitrogens is 2. The standard InChI is InChI=1S/C15H21N5O3/c1-9-10(8-16-19(9)2)14-11(6-7-23-14)17-15(22)12-4-5-13(21)20(3)18-12/h8,11,14H,4-7H2,1-3H3,(H,17,22)/t11-,14+/m0/s1. The average molecular weight is 319 g/mol. The van der Waals surface area contributed by atoms with Gasteiger partial charge >= 0.3 is 0 Å². The van der Waals surface area contributed by atoms with Crippen LogP contribution in [-0.2, 0) is 21.4 Å². The Hall–Kier alpha value is -2.22. The first-order valence-electron chi connectivity index (χ1n) is 7.72. The smallest absolute Gasteiger partial charge is 0.267 e. The van der Waals surface area contributed by atoms with Crippen molar-refractivity contribution in [3.05, 3.63) is 17.5 Å². The van der Waals surface area contributed by atoms with Crippen molar-refractivity contribution in [2.24, 2.45) is 12.1 Å². The molecule has 8 heteroatoms. The molecule has 0 unspecified atom stereocenters. The van der Waals surface area contributed by atoms with Gasteiger partial charge in [0.05, 0.1) is 12.2 Å². The van der Waals surface area contributed by atoms with Crippen molar-refractivity contribution in [1.29, 1.82) is 0 Å². The van der Waals surface area contributed by atoms with E-state index in [4.69, 9.17) is 4.74 Å². The lowest BCUT2D eigenvalue weighted by Gasteiger charge is -2.23. The summed E-state index contributed by atoms with van der Waals surface area (Å²) >= 11 is 0. The van der Waals surface area contributed by atoms with Crippen molar-refractivity contribution < 1.29 is 14.3 Å². The minimum absolute atomic E-state index is 0.0744. The zero-order chi connectivity index (χ0) is 16.6.